The number of fused-ring (bicyclic) bond motifs is 1. The van der Waals surface area contributed by atoms with E-state index in [1.165, 1.54) is 11.1 Å². The standard InChI is InChI=1S/C28H37N3O3/c1-22-11-9-12-23(21-22)33-19-8-7-18-31-25-14-5-4-13-24(25)30-27(31)16-3-2-6-17-29-28(32)26-15-10-20-34-26/h4-5,9,11-14,21,26H,2-3,6-8,10,15-20H2,1H3,(H,29,32). The first-order valence-corrected chi connectivity index (χ1v) is 12.7. The summed E-state index contributed by atoms with van der Waals surface area (Å²) in [6.45, 7) is 5.18. The molecule has 1 unspecified atom stereocenters. The highest BCUT2D eigenvalue weighted by Gasteiger charge is 2.22. The third-order valence-corrected chi connectivity index (χ3v) is 6.37. The van der Waals surface area contributed by atoms with E-state index in [1.54, 1.807) is 0 Å². The lowest BCUT2D eigenvalue weighted by atomic mass is 10.1. The minimum Gasteiger partial charge on any atom is -0.494 e. The summed E-state index contributed by atoms with van der Waals surface area (Å²) in [5.74, 6) is 2.15. The Morgan fingerprint density at radius 3 is 2.88 bits per heavy atom. The predicted molar refractivity (Wildman–Crippen MR) is 135 cm³/mol. The van der Waals surface area contributed by atoms with Gasteiger partial charge in [-0.25, -0.2) is 4.98 Å². The lowest BCUT2D eigenvalue weighted by Crippen LogP contribution is -2.34. The predicted octanol–water partition coefficient (Wildman–Crippen LogP) is 5.21. The minimum atomic E-state index is -0.234. The SMILES string of the molecule is Cc1cccc(OCCCCn2c(CCCCCNC(=O)C3CCCO3)nc3ccccc32)c1. The molecule has 1 saturated heterocycles. The fourth-order valence-corrected chi connectivity index (χ4v) is 4.53. The van der Waals surface area contributed by atoms with Gasteiger partial charge < -0.3 is 19.4 Å². The average molecular weight is 464 g/mol. The van der Waals surface area contributed by atoms with Crippen molar-refractivity contribution in [3.8, 4) is 5.75 Å². The molecule has 0 aliphatic carbocycles. The molecule has 1 amide bonds. The molecule has 6 nitrogen and oxygen atoms in total. The summed E-state index contributed by atoms with van der Waals surface area (Å²) in [4.78, 5) is 16.9. The van der Waals surface area contributed by atoms with E-state index in [0.29, 0.717) is 6.61 Å². The average Bonchev–Trinajstić information content (AvgIpc) is 3.50. The number of benzene rings is 2. The fraction of sp³-hybridized carbons (Fsp3) is 0.500. The van der Waals surface area contributed by atoms with Crippen LogP contribution in [0.5, 0.6) is 5.75 Å². The van der Waals surface area contributed by atoms with Gasteiger partial charge in [0.2, 0.25) is 5.91 Å². The molecule has 0 saturated carbocycles. The molecule has 1 fully saturated rings. The van der Waals surface area contributed by atoms with Crippen LogP contribution in [0.4, 0.5) is 0 Å². The Labute approximate surface area is 202 Å². The number of unbranched alkanes of at least 4 members (excludes halogenated alkanes) is 3. The first-order valence-electron chi connectivity index (χ1n) is 12.7. The molecule has 2 aromatic carbocycles. The summed E-state index contributed by atoms with van der Waals surface area (Å²) >= 11 is 0. The van der Waals surface area contributed by atoms with E-state index in [0.717, 1.165) is 88.2 Å². The Morgan fingerprint density at radius 1 is 1.12 bits per heavy atom. The van der Waals surface area contributed by atoms with Crippen molar-refractivity contribution in [1.29, 1.82) is 0 Å². The maximum absolute atomic E-state index is 12.0. The lowest BCUT2D eigenvalue weighted by Gasteiger charge is -2.11. The highest BCUT2D eigenvalue weighted by atomic mass is 16.5. The molecule has 0 spiro atoms. The zero-order valence-electron chi connectivity index (χ0n) is 20.3. The van der Waals surface area contributed by atoms with Crippen LogP contribution in [0.25, 0.3) is 11.0 Å². The Morgan fingerprint density at radius 2 is 2.03 bits per heavy atom. The molecule has 0 radical (unpaired) electrons. The Hall–Kier alpha value is -2.86. The number of carbonyl (C=O) groups is 1. The van der Waals surface area contributed by atoms with Gasteiger partial charge in [0.15, 0.2) is 0 Å². The van der Waals surface area contributed by atoms with Crippen LogP contribution in [-0.2, 0) is 22.5 Å². The van der Waals surface area contributed by atoms with E-state index in [2.05, 4.69) is 53.2 Å². The molecule has 6 heteroatoms. The van der Waals surface area contributed by atoms with Gasteiger partial charge in [-0.15, -0.1) is 0 Å². The molecule has 34 heavy (non-hydrogen) atoms. The summed E-state index contributed by atoms with van der Waals surface area (Å²) in [5, 5.41) is 3.01. The van der Waals surface area contributed by atoms with Crippen LogP contribution in [0.3, 0.4) is 0 Å². The number of imidazole rings is 1. The van der Waals surface area contributed by atoms with Gasteiger partial charge in [0, 0.05) is 26.1 Å². The van der Waals surface area contributed by atoms with Gasteiger partial charge in [0.05, 0.1) is 17.6 Å². The lowest BCUT2D eigenvalue weighted by molar-refractivity contribution is -0.130. The Bertz CT molecular complexity index is 1060. The van der Waals surface area contributed by atoms with E-state index in [-0.39, 0.29) is 12.0 Å². The Kier molecular flexibility index (Phi) is 8.97. The van der Waals surface area contributed by atoms with Crippen molar-refractivity contribution in [3.63, 3.8) is 0 Å². The van der Waals surface area contributed by atoms with Gasteiger partial charge in [-0.05, 0) is 75.3 Å². The summed E-state index contributed by atoms with van der Waals surface area (Å²) in [5.41, 5.74) is 3.50. The number of hydrogen-bond acceptors (Lipinski definition) is 4. The molecule has 2 heterocycles. The number of carbonyl (C=O) groups excluding carboxylic acids is 1. The first-order chi connectivity index (χ1) is 16.7. The number of nitrogens with zero attached hydrogens (tertiary/aromatic N) is 2. The van der Waals surface area contributed by atoms with Gasteiger partial charge in [-0.2, -0.15) is 0 Å². The summed E-state index contributed by atoms with van der Waals surface area (Å²) in [7, 11) is 0. The van der Waals surface area contributed by atoms with Crippen molar-refractivity contribution < 1.29 is 14.3 Å². The van der Waals surface area contributed by atoms with Crippen LogP contribution < -0.4 is 10.1 Å². The monoisotopic (exact) mass is 463 g/mol. The summed E-state index contributed by atoms with van der Waals surface area (Å²) < 4.78 is 13.7. The third-order valence-electron chi connectivity index (χ3n) is 6.37. The summed E-state index contributed by atoms with van der Waals surface area (Å²) in [6.07, 6.45) is 7.72. The molecule has 1 aliphatic rings. The fourth-order valence-electron chi connectivity index (χ4n) is 4.53. The van der Waals surface area contributed by atoms with E-state index in [4.69, 9.17) is 14.5 Å². The van der Waals surface area contributed by atoms with Gasteiger partial charge in [0.25, 0.3) is 0 Å². The van der Waals surface area contributed by atoms with Crippen LogP contribution >= 0.6 is 0 Å². The van der Waals surface area contributed by atoms with Gasteiger partial charge >= 0.3 is 0 Å². The molecule has 1 aliphatic heterocycles. The molecular weight excluding hydrogens is 426 g/mol. The maximum atomic E-state index is 12.0. The van der Waals surface area contributed by atoms with Crippen LogP contribution in [0.2, 0.25) is 0 Å². The largest absolute Gasteiger partial charge is 0.494 e. The highest BCUT2D eigenvalue weighted by Crippen LogP contribution is 2.19. The van der Waals surface area contributed by atoms with Crippen molar-refractivity contribution in [2.24, 2.45) is 0 Å². The molecule has 1 aromatic heterocycles. The second kappa shape index (κ2) is 12.6. The summed E-state index contributed by atoms with van der Waals surface area (Å²) in [6, 6.07) is 16.6. The smallest absolute Gasteiger partial charge is 0.249 e. The van der Waals surface area contributed by atoms with Crippen molar-refractivity contribution >= 4 is 16.9 Å². The maximum Gasteiger partial charge on any atom is 0.249 e. The molecule has 1 N–H and O–H groups in total. The highest BCUT2D eigenvalue weighted by molar-refractivity contribution is 5.80. The van der Waals surface area contributed by atoms with Crippen LogP contribution in [0, 0.1) is 6.92 Å². The van der Waals surface area contributed by atoms with Crippen LogP contribution in [-0.4, -0.2) is 41.3 Å². The molecular formula is C28H37N3O3. The van der Waals surface area contributed by atoms with Crippen molar-refractivity contribution in [3.05, 3.63) is 59.9 Å². The first kappa shape index (κ1) is 24.3. The van der Waals surface area contributed by atoms with Crippen molar-refractivity contribution in [1.82, 2.24) is 14.9 Å². The van der Waals surface area contributed by atoms with Gasteiger partial charge in [0.1, 0.15) is 17.7 Å². The number of ether oxygens (including phenoxy) is 2. The third kappa shape index (κ3) is 6.83. The zero-order chi connectivity index (χ0) is 23.6. The van der Waals surface area contributed by atoms with E-state index < -0.39 is 0 Å². The molecule has 0 bridgehead atoms. The number of amides is 1. The van der Waals surface area contributed by atoms with Crippen LogP contribution in [0.1, 0.15) is 56.3 Å². The molecule has 3 aromatic rings. The minimum absolute atomic E-state index is 0.0469. The van der Waals surface area contributed by atoms with E-state index >= 15 is 0 Å². The second-order valence-corrected chi connectivity index (χ2v) is 9.14. The van der Waals surface area contributed by atoms with E-state index in [9.17, 15) is 4.79 Å². The van der Waals surface area contributed by atoms with Gasteiger partial charge in [-0.3, -0.25) is 4.79 Å². The number of nitrogens with one attached hydrogen (secondary N) is 1. The van der Waals surface area contributed by atoms with Gasteiger partial charge in [-0.1, -0.05) is 30.7 Å². The molecule has 182 valence electrons. The molecule has 4 rings (SSSR count). The zero-order valence-corrected chi connectivity index (χ0v) is 20.3. The van der Waals surface area contributed by atoms with Crippen molar-refractivity contribution in [2.75, 3.05) is 19.8 Å². The number of hydrogen-bond donors (Lipinski definition) is 1. The van der Waals surface area contributed by atoms with Crippen molar-refractivity contribution in [2.45, 2.75) is 70.9 Å². The van der Waals surface area contributed by atoms with E-state index in [1.807, 2.05) is 12.1 Å². The number of para-hydroxylation sites is 2. The van der Waals surface area contributed by atoms with Crippen LogP contribution in [0.15, 0.2) is 48.5 Å². The topological polar surface area (TPSA) is 65.4 Å². The Balaban J connectivity index is 1.21. The quantitative estimate of drug-likeness (QED) is 0.353. The molecule has 1 atom stereocenters. The number of aromatic nitrogens is 2. The normalized spacial score (nSPS) is 15.6. The number of rotatable bonds is 13. The second-order valence-electron chi connectivity index (χ2n) is 9.14. The number of aryl methyl sites for hydroxylation is 3.